The van der Waals surface area contributed by atoms with Gasteiger partial charge in [-0.3, -0.25) is 0 Å². The average molecular weight is 317 g/mol. The van der Waals surface area contributed by atoms with E-state index in [9.17, 15) is 0 Å². The third-order valence-electron chi connectivity index (χ3n) is 3.05. The summed E-state index contributed by atoms with van der Waals surface area (Å²) in [5, 5.41) is 13.2. The largest absolute Gasteiger partial charge is 0.493 e. The van der Waals surface area contributed by atoms with Gasteiger partial charge in [-0.05, 0) is 23.6 Å². The molecule has 0 fully saturated rings. The molecule has 0 unspecified atom stereocenters. The van der Waals surface area contributed by atoms with Crippen LogP contribution in [0.25, 0.3) is 11.5 Å². The molecule has 0 atom stereocenters. The summed E-state index contributed by atoms with van der Waals surface area (Å²) < 4.78 is 16.3. The maximum atomic E-state index is 5.65. The topological polar surface area (TPSA) is 69.4 Å². The monoisotopic (exact) mass is 317 g/mol. The Morgan fingerprint density at radius 2 is 2.05 bits per heavy atom. The van der Waals surface area contributed by atoms with Gasteiger partial charge in [-0.25, -0.2) is 0 Å². The molecular formula is C15H15N3O3S. The smallest absolute Gasteiger partial charge is 0.316 e. The van der Waals surface area contributed by atoms with Crippen LogP contribution in [0.15, 0.2) is 40.1 Å². The minimum atomic E-state index is 0.369. The molecule has 2 aromatic heterocycles. The Hall–Kier alpha value is -2.54. The summed E-state index contributed by atoms with van der Waals surface area (Å²) in [5.74, 6) is 1.56. The van der Waals surface area contributed by atoms with Crippen molar-refractivity contribution >= 4 is 17.4 Å². The molecule has 114 valence electrons. The van der Waals surface area contributed by atoms with Gasteiger partial charge in [0, 0.05) is 4.88 Å². The van der Waals surface area contributed by atoms with Crippen LogP contribution in [-0.4, -0.2) is 24.4 Å². The highest BCUT2D eigenvalue weighted by Crippen LogP contribution is 2.37. The maximum absolute atomic E-state index is 5.65. The van der Waals surface area contributed by atoms with E-state index in [-0.39, 0.29) is 0 Å². The molecule has 6 nitrogen and oxygen atoms in total. The lowest BCUT2D eigenvalue weighted by molar-refractivity contribution is 0.355. The van der Waals surface area contributed by atoms with Gasteiger partial charge in [0.25, 0.3) is 5.89 Å². The van der Waals surface area contributed by atoms with Gasteiger partial charge in [-0.1, -0.05) is 17.2 Å². The Kier molecular flexibility index (Phi) is 4.24. The van der Waals surface area contributed by atoms with Crippen molar-refractivity contribution in [3.63, 3.8) is 0 Å². The molecular weight excluding hydrogens is 302 g/mol. The van der Waals surface area contributed by atoms with E-state index in [0.717, 1.165) is 0 Å². The number of nitrogens with one attached hydrogen (secondary N) is 1. The van der Waals surface area contributed by atoms with E-state index in [1.165, 1.54) is 4.88 Å². The van der Waals surface area contributed by atoms with Crippen LogP contribution in [0.4, 0.5) is 6.01 Å². The van der Waals surface area contributed by atoms with Crippen molar-refractivity contribution in [3.05, 3.63) is 40.6 Å². The summed E-state index contributed by atoms with van der Waals surface area (Å²) in [5.41, 5.74) is 0.693. The quantitative estimate of drug-likeness (QED) is 0.751. The van der Waals surface area contributed by atoms with Crippen LogP contribution in [0.5, 0.6) is 11.5 Å². The number of hydrogen-bond acceptors (Lipinski definition) is 7. The third-order valence-corrected chi connectivity index (χ3v) is 3.93. The summed E-state index contributed by atoms with van der Waals surface area (Å²) in [6, 6.07) is 9.92. The Bertz CT molecular complexity index is 740. The SMILES string of the molecule is COc1cccc(-c2nnc(NCc3cccs3)o2)c1OC. The van der Waals surface area contributed by atoms with Crippen molar-refractivity contribution in [3.8, 4) is 23.0 Å². The van der Waals surface area contributed by atoms with Crippen LogP contribution in [0, 0.1) is 0 Å². The molecule has 2 heterocycles. The fourth-order valence-corrected chi connectivity index (χ4v) is 2.68. The van der Waals surface area contributed by atoms with Gasteiger partial charge < -0.3 is 19.2 Å². The standard InChI is InChI=1S/C15H15N3O3S/c1-19-12-7-3-6-11(13(12)20-2)14-17-18-15(21-14)16-9-10-5-4-8-22-10/h3-8H,9H2,1-2H3,(H,16,18). The van der Waals surface area contributed by atoms with Crippen molar-refractivity contribution in [2.45, 2.75) is 6.54 Å². The number of rotatable bonds is 6. The molecule has 0 aliphatic rings. The summed E-state index contributed by atoms with van der Waals surface area (Å²) >= 11 is 1.67. The van der Waals surface area contributed by atoms with Crippen molar-refractivity contribution in [2.24, 2.45) is 0 Å². The first-order valence-corrected chi connectivity index (χ1v) is 7.51. The Labute approximate surface area is 131 Å². The van der Waals surface area contributed by atoms with Crippen LogP contribution in [0.3, 0.4) is 0 Å². The van der Waals surface area contributed by atoms with Crippen LogP contribution in [-0.2, 0) is 6.54 Å². The van der Waals surface area contributed by atoms with E-state index in [0.29, 0.717) is 35.5 Å². The number of benzene rings is 1. The number of anilines is 1. The first kappa shape index (κ1) is 14.4. The normalized spacial score (nSPS) is 10.5. The zero-order valence-corrected chi connectivity index (χ0v) is 13.0. The zero-order chi connectivity index (χ0) is 15.4. The number of methoxy groups -OCH3 is 2. The molecule has 0 saturated heterocycles. The number of nitrogens with zero attached hydrogens (tertiary/aromatic N) is 2. The predicted octanol–water partition coefficient (Wildman–Crippen LogP) is 3.43. The fraction of sp³-hybridized carbons (Fsp3) is 0.200. The minimum absolute atomic E-state index is 0.369. The number of aromatic nitrogens is 2. The molecule has 0 aliphatic carbocycles. The van der Waals surface area contributed by atoms with Crippen LogP contribution in [0.2, 0.25) is 0 Å². The van der Waals surface area contributed by atoms with Crippen molar-refractivity contribution in [1.29, 1.82) is 0 Å². The van der Waals surface area contributed by atoms with E-state index in [2.05, 4.69) is 15.5 Å². The van der Waals surface area contributed by atoms with Crippen molar-refractivity contribution in [2.75, 3.05) is 19.5 Å². The molecule has 1 N–H and O–H groups in total. The molecule has 1 aromatic carbocycles. The van der Waals surface area contributed by atoms with Gasteiger partial charge >= 0.3 is 6.01 Å². The lowest BCUT2D eigenvalue weighted by Crippen LogP contribution is -1.97. The zero-order valence-electron chi connectivity index (χ0n) is 12.2. The number of para-hydroxylation sites is 1. The summed E-state index contributed by atoms with van der Waals surface area (Å²) in [6.07, 6.45) is 0. The Balaban J connectivity index is 1.81. The van der Waals surface area contributed by atoms with Gasteiger partial charge in [0.1, 0.15) is 0 Å². The lowest BCUT2D eigenvalue weighted by Gasteiger charge is -2.09. The molecule has 7 heteroatoms. The summed E-state index contributed by atoms with van der Waals surface area (Å²) in [4.78, 5) is 1.19. The van der Waals surface area contributed by atoms with E-state index in [1.54, 1.807) is 25.6 Å². The highest BCUT2D eigenvalue weighted by atomic mass is 32.1. The van der Waals surface area contributed by atoms with Crippen LogP contribution >= 0.6 is 11.3 Å². The van der Waals surface area contributed by atoms with Gasteiger partial charge in [0.2, 0.25) is 0 Å². The first-order valence-electron chi connectivity index (χ1n) is 6.63. The molecule has 0 amide bonds. The molecule has 0 bridgehead atoms. The van der Waals surface area contributed by atoms with Crippen LogP contribution < -0.4 is 14.8 Å². The molecule has 0 aliphatic heterocycles. The Morgan fingerprint density at radius 3 is 2.77 bits per heavy atom. The number of thiophene rings is 1. The average Bonchev–Trinajstić information content (AvgIpc) is 3.23. The third kappa shape index (κ3) is 2.89. The van der Waals surface area contributed by atoms with Gasteiger partial charge in [-0.2, -0.15) is 0 Å². The molecule has 3 rings (SSSR count). The van der Waals surface area contributed by atoms with E-state index >= 15 is 0 Å². The minimum Gasteiger partial charge on any atom is -0.493 e. The van der Waals surface area contributed by atoms with E-state index in [1.807, 2.05) is 35.7 Å². The van der Waals surface area contributed by atoms with E-state index in [4.69, 9.17) is 13.9 Å². The highest BCUT2D eigenvalue weighted by Gasteiger charge is 2.16. The maximum Gasteiger partial charge on any atom is 0.316 e. The lowest BCUT2D eigenvalue weighted by atomic mass is 10.2. The fourth-order valence-electron chi connectivity index (χ4n) is 2.03. The number of ether oxygens (including phenoxy) is 2. The van der Waals surface area contributed by atoms with Gasteiger partial charge in [-0.15, -0.1) is 16.4 Å². The first-order chi connectivity index (χ1) is 10.8. The van der Waals surface area contributed by atoms with Gasteiger partial charge in [0.05, 0.1) is 26.3 Å². The second kappa shape index (κ2) is 6.48. The highest BCUT2D eigenvalue weighted by molar-refractivity contribution is 7.09. The second-order valence-corrected chi connectivity index (χ2v) is 5.42. The molecule has 22 heavy (non-hydrogen) atoms. The molecule has 0 saturated carbocycles. The van der Waals surface area contributed by atoms with Crippen molar-refractivity contribution in [1.82, 2.24) is 10.2 Å². The van der Waals surface area contributed by atoms with Crippen LogP contribution in [0.1, 0.15) is 4.88 Å². The summed E-state index contributed by atoms with van der Waals surface area (Å²) in [6.45, 7) is 0.647. The van der Waals surface area contributed by atoms with Crippen molar-refractivity contribution < 1.29 is 13.9 Å². The van der Waals surface area contributed by atoms with Gasteiger partial charge in [0.15, 0.2) is 11.5 Å². The molecule has 3 aromatic rings. The molecule has 0 radical (unpaired) electrons. The second-order valence-electron chi connectivity index (χ2n) is 4.39. The predicted molar refractivity (Wildman–Crippen MR) is 84.5 cm³/mol. The van der Waals surface area contributed by atoms with E-state index < -0.39 is 0 Å². The number of hydrogen-bond donors (Lipinski definition) is 1. The molecule has 0 spiro atoms. The summed E-state index contributed by atoms with van der Waals surface area (Å²) in [7, 11) is 3.16. The Morgan fingerprint density at radius 1 is 1.14 bits per heavy atom.